The molecule has 1 N–H and O–H groups in total. The Morgan fingerprint density at radius 1 is 1.06 bits per heavy atom. The molecule has 2 heterocycles. The molecule has 0 bridgehead atoms. The summed E-state index contributed by atoms with van der Waals surface area (Å²) >= 11 is 1.31. The number of ether oxygens (including phenoxy) is 2. The second kappa shape index (κ2) is 9.52. The molecular weight excluding hydrogens is 453 g/mol. The number of nitrogens with one attached hydrogen (secondary N) is 1. The lowest BCUT2D eigenvalue weighted by atomic mass is 10.0. The van der Waals surface area contributed by atoms with Gasteiger partial charge in [-0.2, -0.15) is 4.98 Å². The average molecular weight is 474 g/mol. The highest BCUT2D eigenvalue weighted by Crippen LogP contribution is 2.44. The van der Waals surface area contributed by atoms with E-state index in [9.17, 15) is 9.18 Å². The first kappa shape index (κ1) is 21.9. The number of amides is 1. The van der Waals surface area contributed by atoms with Gasteiger partial charge in [-0.1, -0.05) is 54.2 Å². The number of hydrogen-bond donors (Lipinski definition) is 1. The second-order valence-electron chi connectivity index (χ2n) is 7.57. The molecule has 0 spiro atoms. The summed E-state index contributed by atoms with van der Waals surface area (Å²) in [4.78, 5) is 22.0. The lowest BCUT2D eigenvalue weighted by Crippen LogP contribution is -2.15. The summed E-state index contributed by atoms with van der Waals surface area (Å²) in [5.74, 6) is 1.79. The summed E-state index contributed by atoms with van der Waals surface area (Å²) in [6.45, 7) is 0. The Bertz CT molecular complexity index is 1350. The zero-order valence-electron chi connectivity index (χ0n) is 18.2. The van der Waals surface area contributed by atoms with Gasteiger partial charge in [-0.05, 0) is 30.3 Å². The molecule has 1 aromatic heterocycles. The average Bonchev–Trinajstić information content (AvgIpc) is 2.87. The van der Waals surface area contributed by atoms with Crippen LogP contribution in [0.1, 0.15) is 11.1 Å². The molecule has 4 aromatic rings. The first-order valence-corrected chi connectivity index (χ1v) is 11.6. The van der Waals surface area contributed by atoms with Crippen LogP contribution in [0.4, 0.5) is 10.1 Å². The van der Waals surface area contributed by atoms with E-state index in [1.165, 1.54) is 36.0 Å². The minimum Gasteiger partial charge on any atom is -0.493 e. The molecule has 1 aliphatic heterocycles. The molecule has 170 valence electrons. The van der Waals surface area contributed by atoms with Crippen molar-refractivity contribution in [1.29, 1.82) is 0 Å². The largest absolute Gasteiger partial charge is 0.493 e. The molecule has 1 aliphatic rings. The van der Waals surface area contributed by atoms with Crippen LogP contribution in [0.2, 0.25) is 0 Å². The van der Waals surface area contributed by atoms with Gasteiger partial charge in [-0.3, -0.25) is 4.79 Å². The van der Waals surface area contributed by atoms with Crippen LogP contribution in [0.3, 0.4) is 0 Å². The van der Waals surface area contributed by atoms with Crippen molar-refractivity contribution in [2.45, 2.75) is 11.4 Å². The van der Waals surface area contributed by atoms with Crippen molar-refractivity contribution in [2.24, 2.45) is 0 Å². The van der Waals surface area contributed by atoms with E-state index in [0.717, 1.165) is 16.7 Å². The Morgan fingerprint density at radius 3 is 2.62 bits per heavy atom. The van der Waals surface area contributed by atoms with Gasteiger partial charge < -0.3 is 14.8 Å². The third-order valence-electron chi connectivity index (χ3n) is 5.28. The lowest BCUT2D eigenvalue weighted by Gasteiger charge is -2.23. The quantitative estimate of drug-likeness (QED) is 0.251. The number of anilines is 1. The number of thioether (sulfide) groups is 1. The maximum absolute atomic E-state index is 13.1. The van der Waals surface area contributed by atoms with Gasteiger partial charge in [0.25, 0.3) is 0 Å². The molecule has 0 fully saturated rings. The van der Waals surface area contributed by atoms with Gasteiger partial charge >= 0.3 is 0 Å². The number of nitrogens with zero attached hydrogens (tertiary/aromatic N) is 2. The number of hydrogen-bond acceptors (Lipinski definition) is 6. The third kappa shape index (κ3) is 4.58. The smallest absolute Gasteiger partial charge is 0.234 e. The molecule has 0 saturated carbocycles. The second-order valence-corrected chi connectivity index (χ2v) is 8.54. The predicted octanol–water partition coefficient (Wildman–Crippen LogP) is 5.72. The number of fused-ring (bicyclic) bond motifs is 2. The fourth-order valence-electron chi connectivity index (χ4n) is 3.64. The summed E-state index contributed by atoms with van der Waals surface area (Å²) in [6.07, 6.45) is 0.554. The highest BCUT2D eigenvalue weighted by Gasteiger charge is 2.26. The highest BCUT2D eigenvalue weighted by atomic mass is 32.2. The lowest BCUT2D eigenvalue weighted by molar-refractivity contribution is -0.113. The number of benzene rings is 3. The SMILES string of the molecule is COc1cccc2c1Oc1nc(-c3ccccc3)nc(SCC(=O)Nc3ccc(F)cc3)c1C2. The topological polar surface area (TPSA) is 73.3 Å². The van der Waals surface area contributed by atoms with Crippen molar-refractivity contribution in [1.82, 2.24) is 9.97 Å². The van der Waals surface area contributed by atoms with E-state index < -0.39 is 0 Å². The van der Waals surface area contributed by atoms with Crippen molar-refractivity contribution in [3.63, 3.8) is 0 Å². The number of aromatic nitrogens is 2. The van der Waals surface area contributed by atoms with Crippen LogP contribution in [-0.2, 0) is 11.2 Å². The van der Waals surface area contributed by atoms with Crippen LogP contribution in [0.25, 0.3) is 11.4 Å². The van der Waals surface area contributed by atoms with Crippen LogP contribution >= 0.6 is 11.8 Å². The summed E-state index contributed by atoms with van der Waals surface area (Å²) in [5.41, 5.74) is 3.16. The van der Waals surface area contributed by atoms with Crippen LogP contribution in [0.5, 0.6) is 17.4 Å². The van der Waals surface area contributed by atoms with E-state index in [1.807, 2.05) is 48.5 Å². The normalized spacial score (nSPS) is 11.7. The highest BCUT2D eigenvalue weighted by molar-refractivity contribution is 8.00. The minimum absolute atomic E-state index is 0.125. The van der Waals surface area contributed by atoms with Gasteiger partial charge in [0, 0.05) is 23.2 Å². The summed E-state index contributed by atoms with van der Waals surface area (Å²) in [6, 6.07) is 21.0. The molecule has 6 nitrogen and oxygen atoms in total. The Labute approximate surface area is 200 Å². The Hall–Kier alpha value is -3.91. The van der Waals surface area contributed by atoms with E-state index in [-0.39, 0.29) is 17.5 Å². The summed E-state index contributed by atoms with van der Waals surface area (Å²) in [5, 5.41) is 3.45. The maximum Gasteiger partial charge on any atom is 0.234 e. The first-order chi connectivity index (χ1) is 16.6. The number of para-hydroxylation sites is 1. The van der Waals surface area contributed by atoms with E-state index in [4.69, 9.17) is 14.5 Å². The standard InChI is InChI=1S/C26H20FN3O3S/c1-32-21-9-5-8-17-14-20-25(33-23(17)21)29-24(16-6-3-2-4-7-16)30-26(20)34-15-22(31)28-19-12-10-18(27)11-13-19/h2-13H,14-15H2,1H3,(H,28,31). The number of carbonyl (C=O) groups excluding carboxylic acids is 1. The van der Waals surface area contributed by atoms with Crippen LogP contribution in [0.15, 0.2) is 77.8 Å². The van der Waals surface area contributed by atoms with E-state index in [0.29, 0.717) is 40.3 Å². The Kier molecular flexibility index (Phi) is 6.14. The molecule has 8 heteroatoms. The van der Waals surface area contributed by atoms with Gasteiger partial charge in [0.15, 0.2) is 17.3 Å². The van der Waals surface area contributed by atoms with Gasteiger partial charge in [-0.15, -0.1) is 0 Å². The van der Waals surface area contributed by atoms with E-state index in [1.54, 1.807) is 7.11 Å². The molecule has 34 heavy (non-hydrogen) atoms. The molecule has 0 aliphatic carbocycles. The van der Waals surface area contributed by atoms with E-state index in [2.05, 4.69) is 10.3 Å². The monoisotopic (exact) mass is 473 g/mol. The zero-order valence-corrected chi connectivity index (χ0v) is 19.1. The van der Waals surface area contributed by atoms with Crippen LogP contribution < -0.4 is 14.8 Å². The van der Waals surface area contributed by atoms with Crippen molar-refractivity contribution in [2.75, 3.05) is 18.2 Å². The van der Waals surface area contributed by atoms with Crippen molar-refractivity contribution in [3.8, 4) is 28.8 Å². The van der Waals surface area contributed by atoms with Crippen molar-refractivity contribution < 1.29 is 18.7 Å². The fraction of sp³-hybridized carbons (Fsp3) is 0.115. The van der Waals surface area contributed by atoms with Crippen molar-refractivity contribution >= 4 is 23.4 Å². The molecule has 0 atom stereocenters. The van der Waals surface area contributed by atoms with Crippen LogP contribution in [0, 0.1) is 5.82 Å². The third-order valence-corrected chi connectivity index (χ3v) is 6.30. The molecule has 5 rings (SSSR count). The molecule has 0 saturated heterocycles. The number of rotatable bonds is 6. The number of carbonyl (C=O) groups is 1. The molecule has 0 radical (unpaired) electrons. The van der Waals surface area contributed by atoms with Gasteiger partial charge in [-0.25, -0.2) is 9.37 Å². The summed E-state index contributed by atoms with van der Waals surface area (Å²) in [7, 11) is 1.60. The Balaban J connectivity index is 1.45. The molecule has 1 amide bonds. The fourth-order valence-corrected chi connectivity index (χ4v) is 4.47. The van der Waals surface area contributed by atoms with E-state index >= 15 is 0 Å². The van der Waals surface area contributed by atoms with Crippen LogP contribution in [-0.4, -0.2) is 28.7 Å². The van der Waals surface area contributed by atoms with Gasteiger partial charge in [0.2, 0.25) is 11.8 Å². The molecule has 0 unspecified atom stereocenters. The molecular formula is C26H20FN3O3S. The Morgan fingerprint density at radius 2 is 1.85 bits per heavy atom. The number of methoxy groups -OCH3 is 1. The molecule has 3 aromatic carbocycles. The zero-order chi connectivity index (χ0) is 23.5. The first-order valence-electron chi connectivity index (χ1n) is 10.6. The van der Waals surface area contributed by atoms with Gasteiger partial charge in [0.1, 0.15) is 10.8 Å². The van der Waals surface area contributed by atoms with Gasteiger partial charge in [0.05, 0.1) is 18.4 Å². The predicted molar refractivity (Wildman–Crippen MR) is 129 cm³/mol. The van der Waals surface area contributed by atoms with Crippen molar-refractivity contribution in [3.05, 3.63) is 89.7 Å². The minimum atomic E-state index is -0.356. The number of halogens is 1. The maximum atomic E-state index is 13.1. The summed E-state index contributed by atoms with van der Waals surface area (Å²) < 4.78 is 24.8.